The Hall–Kier alpha value is -1.09. The van der Waals surface area contributed by atoms with Gasteiger partial charge < -0.3 is 10.8 Å². The number of nitrogens with two attached hydrogens (primary N) is 1. The summed E-state index contributed by atoms with van der Waals surface area (Å²) in [5, 5.41) is 9.72. The van der Waals surface area contributed by atoms with E-state index >= 15 is 0 Å². The number of rotatable bonds is 2. The summed E-state index contributed by atoms with van der Waals surface area (Å²) in [7, 11) is 0. The first-order chi connectivity index (χ1) is 6.20. The maximum atomic E-state index is 13.0. The number of halogens is 1. The molecule has 1 unspecified atom stereocenters. The van der Waals surface area contributed by atoms with Gasteiger partial charge in [0.25, 0.3) is 0 Å². The minimum Gasteiger partial charge on any atom is -0.396 e. The predicted octanol–water partition coefficient (Wildman–Crippen LogP) is 1.85. The van der Waals surface area contributed by atoms with Gasteiger partial charge in [0.2, 0.25) is 0 Å². The molecule has 0 aromatic heterocycles. The van der Waals surface area contributed by atoms with E-state index in [0.717, 1.165) is 12.8 Å². The standard InChI is InChI=1S/C10H12FNO/c11-8-3-1-2-7(9(8)12)10(13)6-4-5-6/h1-3,6,10,13H,4-5,12H2. The summed E-state index contributed by atoms with van der Waals surface area (Å²) in [6, 6.07) is 4.56. The zero-order chi connectivity index (χ0) is 9.42. The van der Waals surface area contributed by atoms with Crippen LogP contribution in [0.15, 0.2) is 18.2 Å². The molecule has 70 valence electrons. The number of benzene rings is 1. The number of aliphatic hydroxyl groups is 1. The molecular formula is C10H12FNO. The SMILES string of the molecule is Nc1c(F)cccc1C(O)C1CC1. The Bertz CT molecular complexity index is 323. The van der Waals surface area contributed by atoms with E-state index in [9.17, 15) is 9.50 Å². The summed E-state index contributed by atoms with van der Waals surface area (Å²) in [5.41, 5.74) is 6.13. The van der Waals surface area contributed by atoms with Crippen LogP contribution in [0.5, 0.6) is 0 Å². The summed E-state index contributed by atoms with van der Waals surface area (Å²) in [4.78, 5) is 0. The average Bonchev–Trinajstić information content (AvgIpc) is 2.91. The lowest BCUT2D eigenvalue weighted by atomic mass is 10.0. The van der Waals surface area contributed by atoms with E-state index in [0.29, 0.717) is 5.56 Å². The third-order valence-corrected chi connectivity index (χ3v) is 2.47. The lowest BCUT2D eigenvalue weighted by molar-refractivity contribution is 0.154. The van der Waals surface area contributed by atoms with Crippen LogP contribution in [0, 0.1) is 11.7 Å². The molecule has 0 spiro atoms. The Morgan fingerprint density at radius 3 is 2.77 bits per heavy atom. The van der Waals surface area contributed by atoms with Gasteiger partial charge in [-0.05, 0) is 24.8 Å². The highest BCUT2D eigenvalue weighted by Crippen LogP contribution is 2.42. The molecule has 1 atom stereocenters. The van der Waals surface area contributed by atoms with Crippen LogP contribution in [-0.2, 0) is 0 Å². The number of hydrogen-bond donors (Lipinski definition) is 2. The fourth-order valence-corrected chi connectivity index (χ4v) is 1.48. The van der Waals surface area contributed by atoms with Crippen LogP contribution < -0.4 is 5.73 Å². The van der Waals surface area contributed by atoms with Gasteiger partial charge in [0.1, 0.15) is 5.82 Å². The molecule has 0 amide bonds. The van der Waals surface area contributed by atoms with E-state index in [1.54, 1.807) is 12.1 Å². The van der Waals surface area contributed by atoms with Crippen LogP contribution in [0.4, 0.5) is 10.1 Å². The number of hydrogen-bond acceptors (Lipinski definition) is 2. The molecular weight excluding hydrogens is 169 g/mol. The van der Waals surface area contributed by atoms with Gasteiger partial charge in [-0.25, -0.2) is 4.39 Å². The second-order valence-corrected chi connectivity index (χ2v) is 3.53. The van der Waals surface area contributed by atoms with Crippen molar-refractivity contribution in [3.8, 4) is 0 Å². The van der Waals surface area contributed by atoms with Gasteiger partial charge in [0, 0.05) is 5.56 Å². The van der Waals surface area contributed by atoms with E-state index in [1.807, 2.05) is 0 Å². The Morgan fingerprint density at radius 1 is 1.46 bits per heavy atom. The van der Waals surface area contributed by atoms with Gasteiger partial charge in [0.05, 0.1) is 11.8 Å². The molecule has 0 radical (unpaired) electrons. The molecule has 2 rings (SSSR count). The smallest absolute Gasteiger partial charge is 0.146 e. The van der Waals surface area contributed by atoms with E-state index in [4.69, 9.17) is 5.73 Å². The van der Waals surface area contributed by atoms with Crippen molar-refractivity contribution in [1.82, 2.24) is 0 Å². The normalized spacial score (nSPS) is 18.6. The van der Waals surface area contributed by atoms with Crippen molar-refractivity contribution < 1.29 is 9.50 Å². The monoisotopic (exact) mass is 181 g/mol. The number of anilines is 1. The first-order valence-corrected chi connectivity index (χ1v) is 4.42. The molecule has 1 fully saturated rings. The van der Waals surface area contributed by atoms with Crippen LogP contribution in [0.3, 0.4) is 0 Å². The lowest BCUT2D eigenvalue weighted by Gasteiger charge is -2.12. The van der Waals surface area contributed by atoms with Gasteiger partial charge in [-0.1, -0.05) is 12.1 Å². The van der Waals surface area contributed by atoms with Gasteiger partial charge in [-0.15, -0.1) is 0 Å². The fourth-order valence-electron chi connectivity index (χ4n) is 1.48. The topological polar surface area (TPSA) is 46.2 Å². The molecule has 13 heavy (non-hydrogen) atoms. The van der Waals surface area contributed by atoms with Crippen LogP contribution >= 0.6 is 0 Å². The first-order valence-electron chi connectivity index (χ1n) is 4.42. The van der Waals surface area contributed by atoms with Gasteiger partial charge >= 0.3 is 0 Å². The molecule has 1 aromatic carbocycles. The third-order valence-electron chi connectivity index (χ3n) is 2.47. The molecule has 3 N–H and O–H groups in total. The van der Waals surface area contributed by atoms with E-state index < -0.39 is 11.9 Å². The predicted molar refractivity (Wildman–Crippen MR) is 48.5 cm³/mol. The van der Waals surface area contributed by atoms with Crippen LogP contribution in [0.2, 0.25) is 0 Å². The van der Waals surface area contributed by atoms with Crippen LogP contribution in [-0.4, -0.2) is 5.11 Å². The summed E-state index contributed by atoms with van der Waals surface area (Å²) in [6.07, 6.45) is 1.43. The zero-order valence-electron chi connectivity index (χ0n) is 7.20. The minimum atomic E-state index is -0.587. The molecule has 1 aromatic rings. The van der Waals surface area contributed by atoms with Crippen molar-refractivity contribution in [2.75, 3.05) is 5.73 Å². The minimum absolute atomic E-state index is 0.0851. The molecule has 1 saturated carbocycles. The zero-order valence-corrected chi connectivity index (χ0v) is 7.20. The van der Waals surface area contributed by atoms with Gasteiger partial charge in [0.15, 0.2) is 0 Å². The first kappa shape index (κ1) is 8.51. The van der Waals surface area contributed by atoms with E-state index in [2.05, 4.69) is 0 Å². The summed E-state index contributed by atoms with van der Waals surface area (Å²) < 4.78 is 13.0. The fraction of sp³-hybridized carbons (Fsp3) is 0.400. The second kappa shape index (κ2) is 3.00. The maximum absolute atomic E-state index is 13.0. The average molecular weight is 181 g/mol. The summed E-state index contributed by atoms with van der Waals surface area (Å²) in [6.45, 7) is 0. The Kier molecular flexibility index (Phi) is 1.96. The van der Waals surface area contributed by atoms with Crippen molar-refractivity contribution in [1.29, 1.82) is 0 Å². The maximum Gasteiger partial charge on any atom is 0.146 e. The quantitative estimate of drug-likeness (QED) is 0.684. The van der Waals surface area contributed by atoms with Gasteiger partial charge in [-0.3, -0.25) is 0 Å². The van der Waals surface area contributed by atoms with E-state index in [1.165, 1.54) is 6.07 Å². The molecule has 0 heterocycles. The largest absolute Gasteiger partial charge is 0.396 e. The van der Waals surface area contributed by atoms with Crippen LogP contribution in [0.25, 0.3) is 0 Å². The molecule has 0 saturated heterocycles. The third kappa shape index (κ3) is 1.52. The van der Waals surface area contributed by atoms with Crippen LogP contribution in [0.1, 0.15) is 24.5 Å². The highest BCUT2D eigenvalue weighted by atomic mass is 19.1. The van der Waals surface area contributed by atoms with Crippen molar-refractivity contribution >= 4 is 5.69 Å². The van der Waals surface area contributed by atoms with Crippen molar-refractivity contribution in [2.24, 2.45) is 5.92 Å². The van der Waals surface area contributed by atoms with Gasteiger partial charge in [-0.2, -0.15) is 0 Å². The Balaban J connectivity index is 2.32. The molecule has 0 bridgehead atoms. The summed E-state index contributed by atoms with van der Waals surface area (Å²) in [5.74, 6) is -0.165. The molecule has 1 aliphatic rings. The Morgan fingerprint density at radius 2 is 2.15 bits per heavy atom. The molecule has 0 aliphatic heterocycles. The molecule has 3 heteroatoms. The van der Waals surface area contributed by atoms with E-state index in [-0.39, 0.29) is 11.6 Å². The lowest BCUT2D eigenvalue weighted by Crippen LogP contribution is -2.05. The Labute approximate surface area is 76.2 Å². The highest BCUT2D eigenvalue weighted by molar-refractivity contribution is 5.49. The summed E-state index contributed by atoms with van der Waals surface area (Å²) >= 11 is 0. The second-order valence-electron chi connectivity index (χ2n) is 3.53. The molecule has 1 aliphatic carbocycles. The highest BCUT2D eigenvalue weighted by Gasteiger charge is 2.32. The number of para-hydroxylation sites is 1. The van der Waals surface area contributed by atoms with Crippen molar-refractivity contribution in [2.45, 2.75) is 18.9 Å². The number of nitrogen functional groups attached to an aromatic ring is 1. The molecule has 2 nitrogen and oxygen atoms in total. The van der Waals surface area contributed by atoms with Crippen molar-refractivity contribution in [3.63, 3.8) is 0 Å². The number of aliphatic hydroxyl groups excluding tert-OH is 1. The van der Waals surface area contributed by atoms with Crippen molar-refractivity contribution in [3.05, 3.63) is 29.6 Å².